The van der Waals surface area contributed by atoms with E-state index in [4.69, 9.17) is 0 Å². The number of hydrogen-bond donors (Lipinski definition) is 1. The van der Waals surface area contributed by atoms with Crippen molar-refractivity contribution in [2.24, 2.45) is 0 Å². The molecule has 1 aliphatic heterocycles. The summed E-state index contributed by atoms with van der Waals surface area (Å²) in [6.07, 6.45) is 4.52. The van der Waals surface area contributed by atoms with Crippen molar-refractivity contribution in [3.05, 3.63) is 34.8 Å². The van der Waals surface area contributed by atoms with E-state index in [0.29, 0.717) is 12.8 Å². The Morgan fingerprint density at radius 1 is 1.39 bits per heavy atom. The van der Waals surface area contributed by atoms with Crippen molar-refractivity contribution in [2.75, 3.05) is 0 Å². The molecular weight excluding hydrogens is 298 g/mol. The number of halogens is 1. The summed E-state index contributed by atoms with van der Waals surface area (Å²) in [5, 5.41) is 2.37. The number of carbonyl (C=O) groups excluding carboxylic acids is 2. The Morgan fingerprint density at radius 3 is 3.00 bits per heavy atom. The summed E-state index contributed by atoms with van der Waals surface area (Å²) in [6, 6.07) is 3.82. The van der Waals surface area contributed by atoms with E-state index in [9.17, 15) is 9.59 Å². The van der Waals surface area contributed by atoms with Crippen molar-refractivity contribution in [1.29, 1.82) is 0 Å². The normalized spacial score (nSPS) is 20.2. The van der Waals surface area contributed by atoms with Crippen LogP contribution in [-0.2, 0) is 9.59 Å². The molecule has 92 valence electrons. The standard InChI is InChI=1S/C12H10BrN3O2/c13-11-9-3-1-7(5-16(9)6-14-11)8-2-4-10(17)15-12(8)18/h1,3,5-6,8H,2,4H2,(H,15,17,18). The lowest BCUT2D eigenvalue weighted by molar-refractivity contribution is -0.134. The second kappa shape index (κ2) is 4.20. The molecule has 1 aliphatic rings. The molecule has 1 atom stereocenters. The smallest absolute Gasteiger partial charge is 0.234 e. The van der Waals surface area contributed by atoms with E-state index in [2.05, 4.69) is 26.2 Å². The fourth-order valence-electron chi connectivity index (χ4n) is 2.20. The number of piperidine rings is 1. The van der Waals surface area contributed by atoms with E-state index in [1.54, 1.807) is 6.33 Å². The first-order chi connectivity index (χ1) is 8.65. The highest BCUT2D eigenvalue weighted by molar-refractivity contribution is 9.10. The van der Waals surface area contributed by atoms with Gasteiger partial charge in [0.05, 0.1) is 11.4 Å². The van der Waals surface area contributed by atoms with Crippen LogP contribution in [0.4, 0.5) is 0 Å². The quantitative estimate of drug-likeness (QED) is 0.814. The van der Waals surface area contributed by atoms with Gasteiger partial charge in [-0.15, -0.1) is 0 Å². The van der Waals surface area contributed by atoms with Crippen molar-refractivity contribution in [3.8, 4) is 0 Å². The molecule has 5 nitrogen and oxygen atoms in total. The molecule has 0 aliphatic carbocycles. The lowest BCUT2D eigenvalue weighted by atomic mass is 9.91. The van der Waals surface area contributed by atoms with Gasteiger partial charge in [-0.25, -0.2) is 4.98 Å². The van der Waals surface area contributed by atoms with Gasteiger partial charge in [-0.3, -0.25) is 14.9 Å². The third-order valence-corrected chi connectivity index (χ3v) is 3.76. The zero-order chi connectivity index (χ0) is 12.7. The SMILES string of the molecule is O=C1CCC(c2ccc3c(Br)ncn3c2)C(=O)N1. The molecule has 3 heterocycles. The van der Waals surface area contributed by atoms with Crippen molar-refractivity contribution in [2.45, 2.75) is 18.8 Å². The predicted octanol–water partition coefficient (Wildman–Crippen LogP) is 1.62. The Morgan fingerprint density at radius 2 is 2.22 bits per heavy atom. The van der Waals surface area contributed by atoms with Gasteiger partial charge in [0.25, 0.3) is 0 Å². The van der Waals surface area contributed by atoms with Gasteiger partial charge in [-0.2, -0.15) is 0 Å². The second-order valence-electron chi connectivity index (χ2n) is 4.29. The van der Waals surface area contributed by atoms with Crippen LogP contribution >= 0.6 is 15.9 Å². The van der Waals surface area contributed by atoms with Crippen molar-refractivity contribution in [1.82, 2.24) is 14.7 Å². The molecule has 1 fully saturated rings. The maximum Gasteiger partial charge on any atom is 0.234 e. The van der Waals surface area contributed by atoms with E-state index >= 15 is 0 Å². The minimum atomic E-state index is -0.256. The molecule has 0 saturated carbocycles. The van der Waals surface area contributed by atoms with Crippen LogP contribution in [0.3, 0.4) is 0 Å². The van der Waals surface area contributed by atoms with Crippen LogP contribution in [0.25, 0.3) is 5.52 Å². The number of hydrogen-bond acceptors (Lipinski definition) is 3. The van der Waals surface area contributed by atoms with Crippen LogP contribution in [-0.4, -0.2) is 21.2 Å². The monoisotopic (exact) mass is 307 g/mol. The number of aromatic nitrogens is 2. The van der Waals surface area contributed by atoms with Crippen molar-refractivity contribution < 1.29 is 9.59 Å². The minimum Gasteiger partial charge on any atom is -0.305 e. The Hall–Kier alpha value is -1.69. The summed E-state index contributed by atoms with van der Waals surface area (Å²) >= 11 is 3.35. The molecular formula is C12H10BrN3O2. The van der Waals surface area contributed by atoms with Crippen LogP contribution < -0.4 is 5.32 Å². The first-order valence-corrected chi connectivity index (χ1v) is 6.40. The molecule has 6 heteroatoms. The number of nitrogens with one attached hydrogen (secondary N) is 1. The Balaban J connectivity index is 1.99. The highest BCUT2D eigenvalue weighted by Gasteiger charge is 2.28. The van der Waals surface area contributed by atoms with E-state index in [0.717, 1.165) is 15.7 Å². The minimum absolute atomic E-state index is 0.192. The van der Waals surface area contributed by atoms with Gasteiger partial charge in [0.1, 0.15) is 10.9 Å². The average Bonchev–Trinajstić information content (AvgIpc) is 2.71. The number of rotatable bonds is 1. The molecule has 1 unspecified atom stereocenters. The molecule has 1 saturated heterocycles. The van der Waals surface area contributed by atoms with Crippen LogP contribution in [0.1, 0.15) is 24.3 Å². The second-order valence-corrected chi connectivity index (χ2v) is 5.05. The lowest BCUT2D eigenvalue weighted by Crippen LogP contribution is -2.39. The maximum atomic E-state index is 11.8. The van der Waals surface area contributed by atoms with Crippen LogP contribution in [0.2, 0.25) is 0 Å². The molecule has 1 N–H and O–H groups in total. The molecule has 0 aromatic carbocycles. The largest absolute Gasteiger partial charge is 0.305 e. The van der Waals surface area contributed by atoms with Crippen LogP contribution in [0, 0.1) is 0 Å². The van der Waals surface area contributed by atoms with E-state index in [-0.39, 0.29) is 17.7 Å². The molecule has 2 amide bonds. The van der Waals surface area contributed by atoms with Crippen LogP contribution in [0.15, 0.2) is 29.3 Å². The molecule has 3 rings (SSSR count). The summed E-state index contributed by atoms with van der Waals surface area (Å²) in [7, 11) is 0. The highest BCUT2D eigenvalue weighted by atomic mass is 79.9. The molecule has 2 aromatic rings. The zero-order valence-electron chi connectivity index (χ0n) is 9.39. The zero-order valence-corrected chi connectivity index (χ0v) is 11.0. The van der Waals surface area contributed by atoms with Gasteiger partial charge in [0, 0.05) is 12.6 Å². The number of pyridine rings is 1. The lowest BCUT2D eigenvalue weighted by Gasteiger charge is -2.21. The van der Waals surface area contributed by atoms with E-state index in [1.807, 2.05) is 22.7 Å². The maximum absolute atomic E-state index is 11.8. The summed E-state index contributed by atoms with van der Waals surface area (Å²) in [6.45, 7) is 0. The summed E-state index contributed by atoms with van der Waals surface area (Å²) in [5.74, 6) is -0.666. The Labute approximate surface area is 111 Å². The summed E-state index contributed by atoms with van der Waals surface area (Å²) < 4.78 is 2.64. The fourth-order valence-corrected chi connectivity index (χ4v) is 2.63. The fraction of sp³-hybridized carbons (Fsp3) is 0.250. The van der Waals surface area contributed by atoms with E-state index in [1.165, 1.54) is 0 Å². The highest BCUT2D eigenvalue weighted by Crippen LogP contribution is 2.26. The summed E-state index contributed by atoms with van der Waals surface area (Å²) in [4.78, 5) is 27.0. The molecule has 0 spiro atoms. The molecule has 0 radical (unpaired) electrons. The average molecular weight is 308 g/mol. The number of amides is 2. The van der Waals surface area contributed by atoms with Gasteiger partial charge in [-0.1, -0.05) is 6.07 Å². The van der Waals surface area contributed by atoms with Gasteiger partial charge >= 0.3 is 0 Å². The third kappa shape index (κ3) is 1.82. The van der Waals surface area contributed by atoms with Gasteiger partial charge < -0.3 is 4.40 Å². The first kappa shape index (κ1) is 11.4. The first-order valence-electron chi connectivity index (χ1n) is 5.61. The number of fused-ring (bicyclic) bond motifs is 1. The number of imidazole rings is 1. The van der Waals surface area contributed by atoms with Gasteiger partial charge in [0.2, 0.25) is 11.8 Å². The van der Waals surface area contributed by atoms with Gasteiger partial charge in [0.15, 0.2) is 0 Å². The molecule has 0 bridgehead atoms. The number of nitrogens with zero attached hydrogens (tertiary/aromatic N) is 2. The number of imide groups is 1. The van der Waals surface area contributed by atoms with Crippen molar-refractivity contribution in [3.63, 3.8) is 0 Å². The summed E-state index contributed by atoms with van der Waals surface area (Å²) in [5.41, 5.74) is 1.85. The third-order valence-electron chi connectivity index (χ3n) is 3.15. The van der Waals surface area contributed by atoms with E-state index < -0.39 is 0 Å². The Kier molecular flexibility index (Phi) is 2.66. The van der Waals surface area contributed by atoms with Crippen LogP contribution in [0.5, 0.6) is 0 Å². The predicted molar refractivity (Wildman–Crippen MR) is 68.0 cm³/mol. The topological polar surface area (TPSA) is 63.5 Å². The molecule has 18 heavy (non-hydrogen) atoms. The Bertz CT molecular complexity index is 650. The molecule has 2 aromatic heterocycles. The number of carbonyl (C=O) groups is 2. The van der Waals surface area contributed by atoms with Crippen molar-refractivity contribution >= 4 is 33.3 Å². The van der Waals surface area contributed by atoms with Gasteiger partial charge in [-0.05, 0) is 34.0 Å².